The van der Waals surface area contributed by atoms with Crippen LogP contribution in [0.25, 0.3) is 0 Å². The first-order valence-corrected chi connectivity index (χ1v) is 10.2. The summed E-state index contributed by atoms with van der Waals surface area (Å²) in [5.41, 5.74) is 2.18. The molecule has 0 saturated heterocycles. The van der Waals surface area contributed by atoms with E-state index in [-0.39, 0.29) is 0 Å². The highest BCUT2D eigenvalue weighted by Crippen LogP contribution is 2.29. The molecule has 0 aliphatic rings. The van der Waals surface area contributed by atoms with Crippen molar-refractivity contribution < 1.29 is 14.2 Å². The summed E-state index contributed by atoms with van der Waals surface area (Å²) in [5, 5.41) is 6.60. The molecule has 0 heterocycles. The number of hydrogen-bond acceptors (Lipinski definition) is 4. The molecule has 0 amide bonds. The minimum Gasteiger partial charge on any atom is -0.493 e. The zero-order chi connectivity index (χ0) is 20.7. The molecule has 0 saturated carbocycles. The van der Waals surface area contributed by atoms with Crippen LogP contribution in [0.4, 0.5) is 0 Å². The summed E-state index contributed by atoms with van der Waals surface area (Å²) in [5.74, 6) is 2.24. The standard InChI is InChI=1S/C23H33N3O3/c1-4-24-23(25-14-9-15-28-5-2)26-17-20-12-13-21(22(16-20)27-3)29-18-19-10-7-6-8-11-19/h6-8,10-13,16H,4-5,9,14-15,17-18H2,1-3H3,(H2,24,25,26). The van der Waals surface area contributed by atoms with Crippen molar-refractivity contribution >= 4 is 5.96 Å². The van der Waals surface area contributed by atoms with Gasteiger partial charge in [-0.15, -0.1) is 0 Å². The topological polar surface area (TPSA) is 64.1 Å². The molecule has 0 bridgehead atoms. The first-order chi connectivity index (χ1) is 14.3. The van der Waals surface area contributed by atoms with Crippen LogP contribution in [0.5, 0.6) is 11.5 Å². The Bertz CT molecular complexity index is 735. The SMILES string of the molecule is CCNC(=NCc1ccc(OCc2ccccc2)c(OC)c1)NCCCOCC. The third kappa shape index (κ3) is 8.44. The van der Waals surface area contributed by atoms with Crippen LogP contribution in [0, 0.1) is 0 Å². The van der Waals surface area contributed by atoms with Crippen molar-refractivity contribution in [1.82, 2.24) is 10.6 Å². The van der Waals surface area contributed by atoms with Gasteiger partial charge in [0.1, 0.15) is 6.61 Å². The van der Waals surface area contributed by atoms with Gasteiger partial charge in [0.15, 0.2) is 17.5 Å². The zero-order valence-electron chi connectivity index (χ0n) is 17.7. The Morgan fingerprint density at radius 3 is 2.52 bits per heavy atom. The Kier molecular flexibility index (Phi) is 10.5. The van der Waals surface area contributed by atoms with Crippen LogP contribution in [0.15, 0.2) is 53.5 Å². The molecule has 2 aromatic carbocycles. The summed E-state index contributed by atoms with van der Waals surface area (Å²) < 4.78 is 16.8. The van der Waals surface area contributed by atoms with Crippen molar-refractivity contribution in [3.63, 3.8) is 0 Å². The third-order valence-corrected chi connectivity index (χ3v) is 4.19. The molecule has 0 radical (unpaired) electrons. The number of benzene rings is 2. The minimum atomic E-state index is 0.505. The van der Waals surface area contributed by atoms with Gasteiger partial charge in [0.2, 0.25) is 0 Å². The van der Waals surface area contributed by atoms with Crippen LogP contribution >= 0.6 is 0 Å². The molecule has 0 atom stereocenters. The second kappa shape index (κ2) is 13.4. The van der Waals surface area contributed by atoms with Crippen LogP contribution in [0.1, 0.15) is 31.4 Å². The van der Waals surface area contributed by atoms with Crippen molar-refractivity contribution in [2.45, 2.75) is 33.4 Å². The summed E-state index contributed by atoms with van der Waals surface area (Å²) in [4.78, 5) is 4.66. The molecule has 0 aliphatic heterocycles. The zero-order valence-corrected chi connectivity index (χ0v) is 17.7. The van der Waals surface area contributed by atoms with E-state index < -0.39 is 0 Å². The van der Waals surface area contributed by atoms with Crippen LogP contribution in [0.2, 0.25) is 0 Å². The first-order valence-electron chi connectivity index (χ1n) is 10.2. The lowest BCUT2D eigenvalue weighted by molar-refractivity contribution is 0.145. The Morgan fingerprint density at radius 2 is 1.79 bits per heavy atom. The maximum Gasteiger partial charge on any atom is 0.191 e. The molecule has 6 heteroatoms. The van der Waals surface area contributed by atoms with Crippen LogP contribution in [0.3, 0.4) is 0 Å². The predicted octanol–water partition coefficient (Wildman–Crippen LogP) is 3.76. The number of ether oxygens (including phenoxy) is 3. The largest absolute Gasteiger partial charge is 0.493 e. The lowest BCUT2D eigenvalue weighted by atomic mass is 10.2. The number of hydrogen-bond donors (Lipinski definition) is 2. The molecule has 0 aliphatic carbocycles. The van der Waals surface area contributed by atoms with Crippen molar-refractivity contribution in [2.75, 3.05) is 33.4 Å². The van der Waals surface area contributed by atoms with Gasteiger partial charge in [0, 0.05) is 26.3 Å². The summed E-state index contributed by atoms with van der Waals surface area (Å²) >= 11 is 0. The molecule has 0 spiro atoms. The average Bonchev–Trinajstić information content (AvgIpc) is 2.76. The lowest BCUT2D eigenvalue weighted by Gasteiger charge is -2.13. The molecule has 0 unspecified atom stereocenters. The van der Waals surface area contributed by atoms with Crippen LogP contribution < -0.4 is 20.1 Å². The van der Waals surface area contributed by atoms with Gasteiger partial charge in [0.05, 0.1) is 13.7 Å². The van der Waals surface area contributed by atoms with Gasteiger partial charge in [-0.2, -0.15) is 0 Å². The van der Waals surface area contributed by atoms with Crippen molar-refractivity contribution in [3.8, 4) is 11.5 Å². The molecule has 0 aromatic heterocycles. The fourth-order valence-electron chi connectivity index (χ4n) is 2.70. The van der Waals surface area contributed by atoms with E-state index in [0.29, 0.717) is 18.9 Å². The highest BCUT2D eigenvalue weighted by molar-refractivity contribution is 5.79. The van der Waals surface area contributed by atoms with E-state index in [9.17, 15) is 0 Å². The highest BCUT2D eigenvalue weighted by atomic mass is 16.5. The van der Waals surface area contributed by atoms with Crippen LogP contribution in [-0.4, -0.2) is 39.4 Å². The van der Waals surface area contributed by atoms with E-state index >= 15 is 0 Å². The van der Waals surface area contributed by atoms with E-state index in [1.165, 1.54) is 0 Å². The monoisotopic (exact) mass is 399 g/mol. The van der Waals surface area contributed by atoms with E-state index in [1.807, 2.05) is 55.5 Å². The Morgan fingerprint density at radius 1 is 0.966 bits per heavy atom. The third-order valence-electron chi connectivity index (χ3n) is 4.19. The lowest BCUT2D eigenvalue weighted by Crippen LogP contribution is -2.38. The Labute approximate surface area is 174 Å². The number of nitrogens with zero attached hydrogens (tertiary/aromatic N) is 1. The van der Waals surface area contributed by atoms with E-state index in [2.05, 4.69) is 22.5 Å². The van der Waals surface area contributed by atoms with Crippen LogP contribution in [-0.2, 0) is 17.9 Å². The molecular formula is C23H33N3O3. The number of aliphatic imine (C=N–C) groups is 1. The first kappa shape index (κ1) is 22.6. The smallest absolute Gasteiger partial charge is 0.191 e. The summed E-state index contributed by atoms with van der Waals surface area (Å²) in [6.07, 6.45) is 0.944. The number of nitrogens with one attached hydrogen (secondary N) is 2. The van der Waals surface area contributed by atoms with Crippen molar-refractivity contribution in [3.05, 3.63) is 59.7 Å². The Balaban J connectivity index is 1.93. The maximum absolute atomic E-state index is 5.92. The van der Waals surface area contributed by atoms with Gasteiger partial charge < -0.3 is 24.8 Å². The fraction of sp³-hybridized carbons (Fsp3) is 0.435. The Hall–Kier alpha value is -2.73. The minimum absolute atomic E-state index is 0.505. The second-order valence-electron chi connectivity index (χ2n) is 6.43. The summed E-state index contributed by atoms with van der Waals surface area (Å²) in [7, 11) is 1.65. The highest BCUT2D eigenvalue weighted by Gasteiger charge is 2.07. The van der Waals surface area contributed by atoms with E-state index in [4.69, 9.17) is 14.2 Å². The van der Waals surface area contributed by atoms with E-state index in [0.717, 1.165) is 55.6 Å². The van der Waals surface area contributed by atoms with Crippen molar-refractivity contribution in [1.29, 1.82) is 0 Å². The number of methoxy groups -OCH3 is 1. The summed E-state index contributed by atoms with van der Waals surface area (Å²) in [6, 6.07) is 16.0. The normalized spacial score (nSPS) is 11.2. The fourth-order valence-corrected chi connectivity index (χ4v) is 2.70. The molecular weight excluding hydrogens is 366 g/mol. The number of rotatable bonds is 12. The van der Waals surface area contributed by atoms with Gasteiger partial charge in [-0.3, -0.25) is 0 Å². The van der Waals surface area contributed by atoms with Gasteiger partial charge in [-0.1, -0.05) is 36.4 Å². The quantitative estimate of drug-likeness (QED) is 0.323. The second-order valence-corrected chi connectivity index (χ2v) is 6.43. The van der Waals surface area contributed by atoms with Gasteiger partial charge in [-0.05, 0) is 43.5 Å². The molecule has 0 fully saturated rings. The maximum atomic E-state index is 5.92. The molecule has 6 nitrogen and oxygen atoms in total. The molecule has 2 rings (SSSR count). The number of guanidine groups is 1. The van der Waals surface area contributed by atoms with E-state index in [1.54, 1.807) is 7.11 Å². The molecule has 2 N–H and O–H groups in total. The molecule has 158 valence electrons. The van der Waals surface area contributed by atoms with Gasteiger partial charge in [0.25, 0.3) is 0 Å². The van der Waals surface area contributed by atoms with Gasteiger partial charge >= 0.3 is 0 Å². The molecule has 29 heavy (non-hydrogen) atoms. The molecule has 2 aromatic rings. The summed E-state index contributed by atoms with van der Waals surface area (Å²) in [6.45, 7) is 8.26. The van der Waals surface area contributed by atoms with Gasteiger partial charge in [-0.25, -0.2) is 4.99 Å². The predicted molar refractivity (Wildman–Crippen MR) is 118 cm³/mol. The average molecular weight is 400 g/mol. The van der Waals surface area contributed by atoms with Crippen molar-refractivity contribution in [2.24, 2.45) is 4.99 Å².